The van der Waals surface area contributed by atoms with Crippen LogP contribution in [0.15, 0.2) is 47.8 Å². The molecule has 6 heteroatoms. The van der Waals surface area contributed by atoms with Gasteiger partial charge in [-0.3, -0.25) is 4.79 Å². The molecule has 2 heterocycles. The maximum Gasteiger partial charge on any atom is 0.225 e. The molecule has 2 aromatic carbocycles. The van der Waals surface area contributed by atoms with Crippen LogP contribution in [0.4, 0.5) is 5.69 Å². The van der Waals surface area contributed by atoms with E-state index in [2.05, 4.69) is 22.8 Å². The molecular formula is C22H21NO4S. The molecule has 0 unspecified atom stereocenters. The zero-order chi connectivity index (χ0) is 19.7. The number of anilines is 1. The van der Waals surface area contributed by atoms with Crippen molar-refractivity contribution < 1.29 is 19.0 Å². The lowest BCUT2D eigenvalue weighted by atomic mass is 9.88. The van der Waals surface area contributed by atoms with Gasteiger partial charge in [0.05, 0.1) is 27.0 Å². The van der Waals surface area contributed by atoms with Gasteiger partial charge < -0.3 is 19.5 Å². The molecule has 0 spiro atoms. The average Bonchev–Trinajstić information content (AvgIpc) is 3.16. The van der Waals surface area contributed by atoms with Crippen molar-refractivity contribution in [2.75, 3.05) is 26.6 Å². The number of thiophene rings is 1. The number of carbonyl (C=O) groups excluding carboxylic acids is 1. The molecule has 0 fully saturated rings. The van der Waals surface area contributed by atoms with Gasteiger partial charge in [0, 0.05) is 39.8 Å². The first-order chi connectivity index (χ1) is 13.7. The Hall–Kier alpha value is -2.99. The average molecular weight is 395 g/mol. The van der Waals surface area contributed by atoms with Crippen molar-refractivity contribution in [3.8, 4) is 28.4 Å². The number of ether oxygens (including phenoxy) is 3. The van der Waals surface area contributed by atoms with E-state index in [4.69, 9.17) is 14.2 Å². The van der Waals surface area contributed by atoms with Crippen molar-refractivity contribution in [1.82, 2.24) is 0 Å². The fourth-order valence-electron chi connectivity index (χ4n) is 3.63. The number of methoxy groups -OCH3 is 3. The van der Waals surface area contributed by atoms with E-state index in [1.54, 1.807) is 32.7 Å². The smallest absolute Gasteiger partial charge is 0.225 e. The van der Waals surface area contributed by atoms with Crippen LogP contribution in [0, 0.1) is 0 Å². The fraction of sp³-hybridized carbons (Fsp3) is 0.227. The van der Waals surface area contributed by atoms with Crippen molar-refractivity contribution in [2.45, 2.75) is 12.3 Å². The highest BCUT2D eigenvalue weighted by molar-refractivity contribution is 7.11. The number of hydrogen-bond donors (Lipinski definition) is 1. The molecule has 0 aliphatic carbocycles. The van der Waals surface area contributed by atoms with Gasteiger partial charge in [0.1, 0.15) is 5.75 Å². The Morgan fingerprint density at radius 2 is 1.64 bits per heavy atom. The predicted octanol–water partition coefficient (Wildman–Crippen LogP) is 4.92. The Kier molecular flexibility index (Phi) is 4.96. The second-order valence-corrected chi connectivity index (χ2v) is 7.42. The minimum Gasteiger partial charge on any atom is -0.496 e. The van der Waals surface area contributed by atoms with Gasteiger partial charge in [0.2, 0.25) is 5.91 Å². The monoisotopic (exact) mass is 395 g/mol. The molecule has 1 amide bonds. The number of nitrogens with one attached hydrogen (secondary N) is 1. The molecule has 0 saturated carbocycles. The van der Waals surface area contributed by atoms with E-state index in [0.29, 0.717) is 23.7 Å². The minimum atomic E-state index is -0.110. The molecule has 1 N–H and O–H groups in total. The lowest BCUT2D eigenvalue weighted by Crippen LogP contribution is -2.22. The van der Waals surface area contributed by atoms with E-state index in [0.717, 1.165) is 27.3 Å². The summed E-state index contributed by atoms with van der Waals surface area (Å²) >= 11 is 1.65. The Morgan fingerprint density at radius 1 is 0.964 bits per heavy atom. The maximum atomic E-state index is 12.6. The summed E-state index contributed by atoms with van der Waals surface area (Å²) in [5.74, 6) is 1.77. The zero-order valence-electron chi connectivity index (χ0n) is 15.9. The lowest BCUT2D eigenvalue weighted by Gasteiger charge is -2.26. The van der Waals surface area contributed by atoms with E-state index >= 15 is 0 Å². The Morgan fingerprint density at radius 3 is 2.32 bits per heavy atom. The Bertz CT molecular complexity index is 1010. The molecule has 0 saturated heterocycles. The summed E-state index contributed by atoms with van der Waals surface area (Å²) in [7, 11) is 4.82. The molecule has 3 aromatic rings. The van der Waals surface area contributed by atoms with Crippen LogP contribution in [0.3, 0.4) is 0 Å². The first kappa shape index (κ1) is 18.4. The van der Waals surface area contributed by atoms with Crippen molar-refractivity contribution in [1.29, 1.82) is 0 Å². The molecule has 144 valence electrons. The first-order valence-electron chi connectivity index (χ1n) is 8.92. The van der Waals surface area contributed by atoms with Gasteiger partial charge >= 0.3 is 0 Å². The largest absolute Gasteiger partial charge is 0.496 e. The van der Waals surface area contributed by atoms with Crippen LogP contribution in [0.5, 0.6) is 17.2 Å². The van der Waals surface area contributed by atoms with Crippen LogP contribution in [-0.4, -0.2) is 27.2 Å². The summed E-state index contributed by atoms with van der Waals surface area (Å²) in [5.41, 5.74) is 3.92. The first-order valence-corrected chi connectivity index (χ1v) is 9.80. The third-order valence-corrected chi connectivity index (χ3v) is 6.08. The summed E-state index contributed by atoms with van der Waals surface area (Å²) in [6.07, 6.45) is 0.355. The molecule has 0 radical (unpaired) electrons. The van der Waals surface area contributed by atoms with Gasteiger partial charge in [-0.2, -0.15) is 0 Å². The molecule has 0 bridgehead atoms. The standard InChI is InChI=1S/C22H21NO4S/c1-25-17-11-19(27-3)18(26-2)9-14(17)15-10-20(24)23-21-16(12-28-22(15)21)13-7-5-4-6-8-13/h4-9,11-12,15H,10H2,1-3H3,(H,23,24)/t15-/m0/s1. The summed E-state index contributed by atoms with van der Waals surface area (Å²) in [4.78, 5) is 13.7. The number of carbonyl (C=O) groups is 1. The van der Waals surface area contributed by atoms with Gasteiger partial charge in [-0.05, 0) is 11.6 Å². The van der Waals surface area contributed by atoms with Gasteiger partial charge in [-0.1, -0.05) is 30.3 Å². The summed E-state index contributed by atoms with van der Waals surface area (Å²) in [6, 6.07) is 13.8. The topological polar surface area (TPSA) is 56.8 Å². The van der Waals surface area contributed by atoms with Crippen LogP contribution >= 0.6 is 11.3 Å². The number of rotatable bonds is 5. The van der Waals surface area contributed by atoms with Crippen LogP contribution in [0.2, 0.25) is 0 Å². The van der Waals surface area contributed by atoms with Crippen LogP contribution < -0.4 is 19.5 Å². The molecular weight excluding hydrogens is 374 g/mol. The molecule has 1 aliphatic heterocycles. The van der Waals surface area contributed by atoms with Gasteiger partial charge in [-0.15, -0.1) is 11.3 Å². The highest BCUT2D eigenvalue weighted by atomic mass is 32.1. The van der Waals surface area contributed by atoms with Gasteiger partial charge in [-0.25, -0.2) is 0 Å². The molecule has 5 nitrogen and oxygen atoms in total. The van der Waals surface area contributed by atoms with E-state index < -0.39 is 0 Å². The molecule has 4 rings (SSSR count). The maximum absolute atomic E-state index is 12.6. The SMILES string of the molecule is COc1cc(OC)c([C@@H]2CC(=O)Nc3c(-c4ccccc4)csc32)cc1OC. The van der Waals surface area contributed by atoms with Gasteiger partial charge in [0.25, 0.3) is 0 Å². The highest BCUT2D eigenvalue weighted by Crippen LogP contribution is 2.50. The predicted molar refractivity (Wildman–Crippen MR) is 111 cm³/mol. The van der Waals surface area contributed by atoms with Crippen LogP contribution in [0.1, 0.15) is 22.8 Å². The fourth-order valence-corrected chi connectivity index (χ4v) is 4.79. The minimum absolute atomic E-state index is 0.00933. The molecule has 1 aliphatic rings. The third kappa shape index (κ3) is 3.10. The second-order valence-electron chi connectivity index (χ2n) is 6.51. The summed E-state index contributed by atoms with van der Waals surface area (Å²) < 4.78 is 16.5. The van der Waals surface area contributed by atoms with E-state index in [9.17, 15) is 4.79 Å². The molecule has 1 aromatic heterocycles. The third-order valence-electron chi connectivity index (χ3n) is 4.99. The van der Waals surface area contributed by atoms with Gasteiger partial charge in [0.15, 0.2) is 11.5 Å². The van der Waals surface area contributed by atoms with Crippen molar-refractivity contribution in [2.24, 2.45) is 0 Å². The highest BCUT2D eigenvalue weighted by Gasteiger charge is 2.33. The lowest BCUT2D eigenvalue weighted by molar-refractivity contribution is -0.116. The van der Waals surface area contributed by atoms with Crippen LogP contribution in [0.25, 0.3) is 11.1 Å². The molecule has 28 heavy (non-hydrogen) atoms. The van der Waals surface area contributed by atoms with E-state index in [1.165, 1.54) is 0 Å². The van der Waals surface area contributed by atoms with Crippen molar-refractivity contribution in [3.05, 3.63) is 58.3 Å². The van der Waals surface area contributed by atoms with Crippen molar-refractivity contribution in [3.63, 3.8) is 0 Å². The van der Waals surface area contributed by atoms with E-state index in [-0.39, 0.29) is 11.8 Å². The van der Waals surface area contributed by atoms with Crippen LogP contribution in [-0.2, 0) is 4.79 Å². The number of amides is 1. The number of hydrogen-bond acceptors (Lipinski definition) is 5. The Labute approximate surface area is 167 Å². The number of fused-ring (bicyclic) bond motifs is 1. The summed E-state index contributed by atoms with van der Waals surface area (Å²) in [6.45, 7) is 0. The number of benzene rings is 2. The normalized spacial score (nSPS) is 15.5. The second kappa shape index (κ2) is 7.56. The zero-order valence-corrected chi connectivity index (χ0v) is 16.8. The van der Waals surface area contributed by atoms with E-state index in [1.807, 2.05) is 30.3 Å². The Balaban J connectivity index is 1.86. The summed E-state index contributed by atoms with van der Waals surface area (Å²) in [5, 5.41) is 5.17. The molecule has 1 atom stereocenters. The van der Waals surface area contributed by atoms with Crippen molar-refractivity contribution >= 4 is 22.9 Å². The quantitative estimate of drug-likeness (QED) is 0.667.